The SMILES string of the molecule is CCCC1(C)C(O)=C2C(=O)N(CC)CC3CC(C)C(=C1C(=O)NCc1ccc(F)cc1F)N23. The Morgan fingerprint density at radius 3 is 2.67 bits per heavy atom. The molecule has 3 unspecified atom stereocenters. The highest BCUT2D eigenvalue weighted by atomic mass is 19.1. The van der Waals surface area contributed by atoms with Gasteiger partial charge >= 0.3 is 0 Å². The van der Waals surface area contributed by atoms with Crippen LogP contribution < -0.4 is 5.32 Å². The van der Waals surface area contributed by atoms with E-state index in [1.807, 2.05) is 25.7 Å². The third kappa shape index (κ3) is 3.60. The molecule has 0 aliphatic carbocycles. The maximum atomic E-state index is 14.1. The van der Waals surface area contributed by atoms with E-state index in [4.69, 9.17) is 0 Å². The molecular weight excluding hydrogens is 428 g/mol. The van der Waals surface area contributed by atoms with Crippen molar-refractivity contribution in [3.05, 3.63) is 58.1 Å². The fourth-order valence-electron chi connectivity index (χ4n) is 5.67. The van der Waals surface area contributed by atoms with Crippen molar-refractivity contribution in [1.82, 2.24) is 15.1 Å². The highest BCUT2D eigenvalue weighted by Crippen LogP contribution is 2.54. The van der Waals surface area contributed by atoms with Crippen molar-refractivity contribution < 1.29 is 23.5 Å². The van der Waals surface area contributed by atoms with Gasteiger partial charge in [0.25, 0.3) is 5.91 Å². The van der Waals surface area contributed by atoms with Crippen LogP contribution in [-0.4, -0.2) is 45.9 Å². The minimum Gasteiger partial charge on any atom is -0.509 e. The Morgan fingerprint density at radius 1 is 1.30 bits per heavy atom. The first kappa shape index (κ1) is 23.3. The number of piperazine rings is 1. The first-order valence-corrected chi connectivity index (χ1v) is 11.6. The second-order valence-electron chi connectivity index (χ2n) is 9.46. The van der Waals surface area contributed by atoms with Crippen LogP contribution in [0.2, 0.25) is 0 Å². The van der Waals surface area contributed by atoms with Crippen LogP contribution in [0.15, 0.2) is 40.9 Å². The van der Waals surface area contributed by atoms with Gasteiger partial charge in [0.15, 0.2) is 0 Å². The first-order valence-electron chi connectivity index (χ1n) is 11.6. The Kier molecular flexibility index (Phi) is 5.97. The summed E-state index contributed by atoms with van der Waals surface area (Å²) in [7, 11) is 0. The number of nitrogens with zero attached hydrogens (tertiary/aromatic N) is 2. The molecule has 1 aromatic rings. The minimum absolute atomic E-state index is 0.00619. The number of hydrogen-bond acceptors (Lipinski definition) is 4. The van der Waals surface area contributed by atoms with E-state index in [-0.39, 0.29) is 41.4 Å². The molecule has 0 aromatic heterocycles. The highest BCUT2D eigenvalue weighted by Gasteiger charge is 2.55. The number of rotatable bonds is 6. The molecule has 0 bridgehead atoms. The summed E-state index contributed by atoms with van der Waals surface area (Å²) in [5.74, 6) is -2.09. The fourth-order valence-corrected chi connectivity index (χ4v) is 5.67. The standard InChI is InChI=1S/C25H31F2N3O3/c1-5-9-25(4)19(23(32)28-12-15-7-8-16(26)11-18(15)27)20-14(3)10-17-13-29(6-2)24(33)21(22(25)31)30(17)20/h7-8,11,14,17,31H,5-6,9-10,12-13H2,1-4H3,(H,28,32). The predicted molar refractivity (Wildman–Crippen MR) is 120 cm³/mol. The molecular formula is C25H31F2N3O3. The molecule has 178 valence electrons. The number of amides is 2. The van der Waals surface area contributed by atoms with Crippen molar-refractivity contribution in [3.63, 3.8) is 0 Å². The van der Waals surface area contributed by atoms with E-state index in [9.17, 15) is 23.5 Å². The fraction of sp³-hybridized carbons (Fsp3) is 0.520. The monoisotopic (exact) mass is 459 g/mol. The molecule has 8 heteroatoms. The van der Waals surface area contributed by atoms with Crippen LogP contribution >= 0.6 is 0 Å². The number of carbonyl (C=O) groups is 2. The minimum atomic E-state index is -1.04. The average Bonchev–Trinajstić information content (AvgIpc) is 3.07. The Bertz CT molecular complexity index is 1070. The lowest BCUT2D eigenvalue weighted by Crippen LogP contribution is -2.55. The number of likely N-dealkylation sites (N-methyl/N-ethyl adjacent to an activating group) is 1. The molecule has 1 aromatic carbocycles. The molecule has 3 heterocycles. The number of aliphatic hydroxyl groups excluding tert-OH is 1. The number of nitrogens with one attached hydrogen (secondary N) is 1. The molecule has 4 rings (SSSR count). The quantitative estimate of drug-likeness (QED) is 0.675. The van der Waals surface area contributed by atoms with Gasteiger partial charge in [-0.15, -0.1) is 0 Å². The van der Waals surface area contributed by atoms with E-state index >= 15 is 0 Å². The van der Waals surface area contributed by atoms with Crippen LogP contribution in [-0.2, 0) is 16.1 Å². The molecule has 2 N–H and O–H groups in total. The Hall–Kier alpha value is -2.90. The first-order chi connectivity index (χ1) is 15.6. The van der Waals surface area contributed by atoms with Crippen LogP contribution in [0.3, 0.4) is 0 Å². The van der Waals surface area contributed by atoms with Crippen LogP contribution in [0, 0.1) is 23.0 Å². The Labute approximate surface area is 192 Å². The molecule has 2 saturated heterocycles. The average molecular weight is 460 g/mol. The van der Waals surface area contributed by atoms with Gasteiger partial charge < -0.3 is 20.2 Å². The van der Waals surface area contributed by atoms with Crippen LogP contribution in [0.25, 0.3) is 0 Å². The third-order valence-corrected chi connectivity index (χ3v) is 7.25. The summed E-state index contributed by atoms with van der Waals surface area (Å²) in [6.45, 7) is 8.70. The summed E-state index contributed by atoms with van der Waals surface area (Å²) in [5.41, 5.74) is 0.611. The summed E-state index contributed by atoms with van der Waals surface area (Å²) in [4.78, 5) is 30.4. The smallest absolute Gasteiger partial charge is 0.274 e. The van der Waals surface area contributed by atoms with E-state index in [1.165, 1.54) is 6.07 Å². The molecule has 33 heavy (non-hydrogen) atoms. The molecule has 3 atom stereocenters. The van der Waals surface area contributed by atoms with Crippen LogP contribution in [0.1, 0.15) is 52.5 Å². The van der Waals surface area contributed by atoms with E-state index in [0.29, 0.717) is 31.5 Å². The second-order valence-corrected chi connectivity index (χ2v) is 9.46. The number of carbonyl (C=O) groups excluding carboxylic acids is 2. The number of aliphatic hydroxyl groups is 1. The van der Waals surface area contributed by atoms with Crippen molar-refractivity contribution >= 4 is 11.8 Å². The molecule has 6 nitrogen and oxygen atoms in total. The van der Waals surface area contributed by atoms with E-state index in [1.54, 1.807) is 11.8 Å². The second kappa shape index (κ2) is 8.47. The van der Waals surface area contributed by atoms with Gasteiger partial charge in [-0.25, -0.2) is 8.78 Å². The van der Waals surface area contributed by atoms with Gasteiger partial charge in [-0.2, -0.15) is 0 Å². The van der Waals surface area contributed by atoms with Gasteiger partial charge in [0, 0.05) is 37.0 Å². The molecule has 0 saturated carbocycles. The molecule has 3 aliphatic rings. The summed E-state index contributed by atoms with van der Waals surface area (Å²) >= 11 is 0. The van der Waals surface area contributed by atoms with Crippen molar-refractivity contribution in [2.24, 2.45) is 11.3 Å². The number of benzene rings is 1. The van der Waals surface area contributed by atoms with Gasteiger partial charge in [0.2, 0.25) is 5.91 Å². The largest absolute Gasteiger partial charge is 0.509 e. The Morgan fingerprint density at radius 2 is 2.03 bits per heavy atom. The summed E-state index contributed by atoms with van der Waals surface area (Å²) in [6.07, 6.45) is 1.93. The lowest BCUT2D eigenvalue weighted by molar-refractivity contribution is -0.133. The Balaban J connectivity index is 1.77. The van der Waals surface area contributed by atoms with Gasteiger partial charge in [-0.3, -0.25) is 9.59 Å². The normalized spacial score (nSPS) is 26.8. The maximum Gasteiger partial charge on any atom is 0.274 e. The zero-order chi connectivity index (χ0) is 24.1. The highest BCUT2D eigenvalue weighted by molar-refractivity contribution is 6.01. The summed E-state index contributed by atoms with van der Waals surface area (Å²) in [6, 6.07) is 3.24. The van der Waals surface area contributed by atoms with E-state index < -0.39 is 23.0 Å². The van der Waals surface area contributed by atoms with Gasteiger partial charge in [0.1, 0.15) is 23.1 Å². The summed E-state index contributed by atoms with van der Waals surface area (Å²) in [5, 5.41) is 14.2. The van der Waals surface area contributed by atoms with Gasteiger partial charge in [0.05, 0.1) is 17.0 Å². The van der Waals surface area contributed by atoms with Crippen molar-refractivity contribution in [2.75, 3.05) is 13.1 Å². The van der Waals surface area contributed by atoms with Crippen molar-refractivity contribution in [1.29, 1.82) is 0 Å². The van der Waals surface area contributed by atoms with Crippen LogP contribution in [0.5, 0.6) is 0 Å². The van der Waals surface area contributed by atoms with E-state index in [0.717, 1.165) is 24.3 Å². The van der Waals surface area contributed by atoms with Gasteiger partial charge in [-0.05, 0) is 38.7 Å². The molecule has 2 amide bonds. The van der Waals surface area contributed by atoms with E-state index in [2.05, 4.69) is 5.32 Å². The number of allylic oxidation sites excluding steroid dienone is 2. The number of halogens is 2. The molecule has 0 spiro atoms. The van der Waals surface area contributed by atoms with Crippen LogP contribution in [0.4, 0.5) is 8.78 Å². The molecule has 3 aliphatic heterocycles. The van der Waals surface area contributed by atoms with Crippen molar-refractivity contribution in [2.45, 2.75) is 59.5 Å². The molecule has 0 radical (unpaired) electrons. The zero-order valence-corrected chi connectivity index (χ0v) is 19.5. The van der Waals surface area contributed by atoms with Gasteiger partial charge in [-0.1, -0.05) is 26.3 Å². The van der Waals surface area contributed by atoms with Crippen molar-refractivity contribution in [3.8, 4) is 0 Å². The lowest BCUT2D eigenvalue weighted by Gasteiger charge is -2.47. The molecule has 2 fully saturated rings. The summed E-state index contributed by atoms with van der Waals surface area (Å²) < 4.78 is 27.4. The zero-order valence-electron chi connectivity index (χ0n) is 19.5. The predicted octanol–water partition coefficient (Wildman–Crippen LogP) is 4.00. The third-order valence-electron chi connectivity index (χ3n) is 7.25. The maximum absolute atomic E-state index is 14.1. The number of hydrogen-bond donors (Lipinski definition) is 2. The lowest BCUT2D eigenvalue weighted by atomic mass is 9.71. The topological polar surface area (TPSA) is 72.9 Å².